The molecular formula is C8H7IN2. The Morgan fingerprint density at radius 2 is 2.36 bits per heavy atom. The fourth-order valence-corrected chi connectivity index (χ4v) is 2.00. The molecule has 0 radical (unpaired) electrons. The number of fused-ring (bicyclic) bond motifs is 1. The number of hydrogen-bond donors (Lipinski definition) is 0. The van der Waals surface area contributed by atoms with Crippen molar-refractivity contribution in [3.05, 3.63) is 28.1 Å². The Labute approximate surface area is 78.4 Å². The quantitative estimate of drug-likeness (QED) is 0.662. The highest BCUT2D eigenvalue weighted by molar-refractivity contribution is 14.1. The molecule has 0 spiro atoms. The molecule has 0 unspecified atom stereocenters. The van der Waals surface area contributed by atoms with Crippen molar-refractivity contribution in [2.24, 2.45) is 7.05 Å². The zero-order valence-corrected chi connectivity index (χ0v) is 8.24. The van der Waals surface area contributed by atoms with E-state index >= 15 is 0 Å². The second-order valence-electron chi connectivity index (χ2n) is 2.46. The number of aryl methyl sites for hydroxylation is 1. The highest BCUT2D eigenvalue weighted by Gasteiger charge is 2.01. The van der Waals surface area contributed by atoms with Crippen LogP contribution in [0.4, 0.5) is 0 Å². The highest BCUT2D eigenvalue weighted by atomic mass is 127. The topological polar surface area (TPSA) is 17.8 Å². The van der Waals surface area contributed by atoms with Gasteiger partial charge in [-0.2, -0.15) is 0 Å². The van der Waals surface area contributed by atoms with Gasteiger partial charge in [-0.25, -0.2) is 4.98 Å². The Morgan fingerprint density at radius 3 is 3.09 bits per heavy atom. The third-order valence-corrected chi connectivity index (χ3v) is 2.54. The van der Waals surface area contributed by atoms with Gasteiger partial charge in [-0.05, 0) is 34.7 Å². The van der Waals surface area contributed by atoms with Crippen LogP contribution in [-0.2, 0) is 7.05 Å². The molecule has 0 N–H and O–H groups in total. The van der Waals surface area contributed by atoms with Gasteiger partial charge < -0.3 is 4.57 Å². The van der Waals surface area contributed by atoms with Crippen molar-refractivity contribution >= 4 is 33.6 Å². The van der Waals surface area contributed by atoms with Crippen LogP contribution < -0.4 is 0 Å². The van der Waals surface area contributed by atoms with E-state index in [1.54, 1.807) is 0 Å². The van der Waals surface area contributed by atoms with Crippen molar-refractivity contribution in [3.8, 4) is 0 Å². The van der Waals surface area contributed by atoms with E-state index in [-0.39, 0.29) is 0 Å². The standard InChI is InChI=1S/C8H7IN2/c1-11-5-7(9)6-3-2-4-10-8(6)11/h2-5H,1H3. The molecule has 2 nitrogen and oxygen atoms in total. The third kappa shape index (κ3) is 1.03. The van der Waals surface area contributed by atoms with Crippen LogP contribution in [0.5, 0.6) is 0 Å². The molecule has 2 rings (SSSR count). The number of aromatic nitrogens is 2. The smallest absolute Gasteiger partial charge is 0.140 e. The van der Waals surface area contributed by atoms with Crippen LogP contribution in [0.1, 0.15) is 0 Å². The summed E-state index contributed by atoms with van der Waals surface area (Å²) in [4.78, 5) is 4.26. The summed E-state index contributed by atoms with van der Waals surface area (Å²) in [6.07, 6.45) is 3.90. The number of pyridine rings is 1. The fourth-order valence-electron chi connectivity index (χ4n) is 1.17. The van der Waals surface area contributed by atoms with E-state index in [9.17, 15) is 0 Å². The minimum Gasteiger partial charge on any atom is -0.334 e. The molecule has 0 saturated carbocycles. The van der Waals surface area contributed by atoms with E-state index in [0.717, 1.165) is 5.65 Å². The van der Waals surface area contributed by atoms with Gasteiger partial charge in [0.15, 0.2) is 0 Å². The molecule has 0 bridgehead atoms. The molecule has 0 aliphatic rings. The zero-order chi connectivity index (χ0) is 7.84. The Morgan fingerprint density at radius 1 is 1.55 bits per heavy atom. The molecule has 3 heteroatoms. The molecule has 0 atom stereocenters. The lowest BCUT2D eigenvalue weighted by atomic mass is 10.3. The van der Waals surface area contributed by atoms with Crippen LogP contribution in [0.25, 0.3) is 11.0 Å². The Balaban J connectivity index is 2.95. The van der Waals surface area contributed by atoms with Crippen LogP contribution in [0.15, 0.2) is 24.5 Å². The molecule has 2 aromatic heterocycles. The molecule has 0 fully saturated rings. The highest BCUT2D eigenvalue weighted by Crippen LogP contribution is 2.19. The molecule has 2 heterocycles. The van der Waals surface area contributed by atoms with E-state index < -0.39 is 0 Å². The van der Waals surface area contributed by atoms with Gasteiger partial charge in [0.2, 0.25) is 0 Å². The summed E-state index contributed by atoms with van der Waals surface area (Å²) in [5.41, 5.74) is 1.05. The molecular weight excluding hydrogens is 251 g/mol. The van der Waals surface area contributed by atoms with Gasteiger partial charge >= 0.3 is 0 Å². The van der Waals surface area contributed by atoms with E-state index in [1.165, 1.54) is 8.96 Å². The lowest BCUT2D eigenvalue weighted by Crippen LogP contribution is -1.85. The predicted octanol–water partition coefficient (Wildman–Crippen LogP) is 2.18. The second-order valence-corrected chi connectivity index (χ2v) is 3.62. The van der Waals surface area contributed by atoms with Crippen molar-refractivity contribution in [1.82, 2.24) is 9.55 Å². The van der Waals surface area contributed by atoms with Crippen LogP contribution in [0.2, 0.25) is 0 Å². The van der Waals surface area contributed by atoms with Gasteiger partial charge in [-0.3, -0.25) is 0 Å². The van der Waals surface area contributed by atoms with Gasteiger partial charge in [0.1, 0.15) is 5.65 Å². The predicted molar refractivity (Wildman–Crippen MR) is 53.4 cm³/mol. The molecule has 0 aromatic carbocycles. The molecule has 2 aromatic rings. The Bertz CT molecular complexity index is 356. The number of hydrogen-bond acceptors (Lipinski definition) is 1. The summed E-state index contributed by atoms with van der Waals surface area (Å²) in [6, 6.07) is 4.05. The summed E-state index contributed by atoms with van der Waals surface area (Å²) in [5.74, 6) is 0. The van der Waals surface area contributed by atoms with Crippen LogP contribution >= 0.6 is 22.6 Å². The van der Waals surface area contributed by atoms with Crippen LogP contribution in [0.3, 0.4) is 0 Å². The average Bonchev–Trinajstić information content (AvgIpc) is 2.30. The summed E-state index contributed by atoms with van der Waals surface area (Å²) in [5, 5.41) is 1.23. The number of halogens is 1. The first-order chi connectivity index (χ1) is 5.29. The van der Waals surface area contributed by atoms with Gasteiger partial charge in [0, 0.05) is 28.4 Å². The van der Waals surface area contributed by atoms with Gasteiger partial charge in [-0.15, -0.1) is 0 Å². The normalized spacial score (nSPS) is 10.7. The maximum Gasteiger partial charge on any atom is 0.140 e. The summed E-state index contributed by atoms with van der Waals surface area (Å²) in [6.45, 7) is 0. The third-order valence-electron chi connectivity index (χ3n) is 1.69. The fraction of sp³-hybridized carbons (Fsp3) is 0.125. The van der Waals surface area contributed by atoms with Crippen LogP contribution in [-0.4, -0.2) is 9.55 Å². The van der Waals surface area contributed by atoms with Gasteiger partial charge in [-0.1, -0.05) is 0 Å². The van der Waals surface area contributed by atoms with E-state index in [4.69, 9.17) is 0 Å². The largest absolute Gasteiger partial charge is 0.334 e. The average molecular weight is 258 g/mol. The SMILES string of the molecule is Cn1cc(I)c2cccnc21. The second kappa shape index (κ2) is 2.48. The van der Waals surface area contributed by atoms with Gasteiger partial charge in [0.05, 0.1) is 0 Å². The first kappa shape index (κ1) is 7.09. The van der Waals surface area contributed by atoms with Crippen molar-refractivity contribution in [2.45, 2.75) is 0 Å². The minimum absolute atomic E-state index is 1.05. The maximum absolute atomic E-state index is 4.26. The monoisotopic (exact) mass is 258 g/mol. The lowest BCUT2D eigenvalue weighted by molar-refractivity contribution is 0.946. The molecule has 0 saturated heterocycles. The number of nitrogens with zero attached hydrogens (tertiary/aromatic N) is 2. The lowest BCUT2D eigenvalue weighted by Gasteiger charge is -1.91. The molecule has 56 valence electrons. The summed E-state index contributed by atoms with van der Waals surface area (Å²) in [7, 11) is 2.01. The van der Waals surface area contributed by atoms with Crippen molar-refractivity contribution in [1.29, 1.82) is 0 Å². The van der Waals surface area contributed by atoms with E-state index in [0.29, 0.717) is 0 Å². The van der Waals surface area contributed by atoms with E-state index in [1.807, 2.05) is 23.9 Å². The number of rotatable bonds is 0. The van der Waals surface area contributed by atoms with Crippen molar-refractivity contribution in [2.75, 3.05) is 0 Å². The van der Waals surface area contributed by atoms with E-state index in [2.05, 4.69) is 39.8 Å². The first-order valence-electron chi connectivity index (χ1n) is 3.34. The minimum atomic E-state index is 1.05. The molecule has 0 amide bonds. The Kier molecular flexibility index (Phi) is 1.60. The molecule has 11 heavy (non-hydrogen) atoms. The van der Waals surface area contributed by atoms with Gasteiger partial charge in [0.25, 0.3) is 0 Å². The summed E-state index contributed by atoms with van der Waals surface area (Å²) < 4.78 is 3.30. The van der Waals surface area contributed by atoms with Crippen LogP contribution in [0, 0.1) is 3.57 Å². The first-order valence-corrected chi connectivity index (χ1v) is 4.42. The summed E-state index contributed by atoms with van der Waals surface area (Å²) >= 11 is 2.32. The maximum atomic E-state index is 4.26. The van der Waals surface area contributed by atoms with Crippen molar-refractivity contribution < 1.29 is 0 Å². The molecule has 0 aliphatic carbocycles. The molecule has 0 aliphatic heterocycles. The Hall–Kier alpha value is -0.580. The van der Waals surface area contributed by atoms with Crippen molar-refractivity contribution in [3.63, 3.8) is 0 Å². The zero-order valence-electron chi connectivity index (χ0n) is 6.08.